The molecule has 1 heterocycles. The van der Waals surface area contributed by atoms with Crippen LogP contribution in [0, 0.1) is 6.92 Å². The maximum Gasteiger partial charge on any atom is 0.339 e. The second-order valence-electron chi connectivity index (χ2n) is 3.73. The van der Waals surface area contributed by atoms with Crippen LogP contribution in [0.1, 0.15) is 28.8 Å². The molecule has 16 heavy (non-hydrogen) atoms. The fraction of sp³-hybridized carbons (Fsp3) is 0.545. The highest BCUT2D eigenvalue weighted by atomic mass is 16.5. The second kappa shape index (κ2) is 5.67. The van der Waals surface area contributed by atoms with E-state index in [-0.39, 0.29) is 11.6 Å². The second-order valence-corrected chi connectivity index (χ2v) is 3.73. The van der Waals surface area contributed by atoms with Crippen LogP contribution >= 0.6 is 0 Å². The lowest BCUT2D eigenvalue weighted by molar-refractivity contribution is 0.0695. The van der Waals surface area contributed by atoms with Gasteiger partial charge in [0, 0.05) is 13.2 Å². The van der Waals surface area contributed by atoms with E-state index in [1.165, 1.54) is 0 Å². The SMILES string of the molecule is COCC(C)NCc1cc(C(=O)O)c(C)o1. The Morgan fingerprint density at radius 3 is 2.88 bits per heavy atom. The normalized spacial score (nSPS) is 12.7. The minimum absolute atomic E-state index is 0.198. The maximum absolute atomic E-state index is 10.8. The van der Waals surface area contributed by atoms with Crippen LogP contribution in [0.25, 0.3) is 0 Å². The Labute approximate surface area is 94.4 Å². The van der Waals surface area contributed by atoms with Gasteiger partial charge in [0.25, 0.3) is 0 Å². The molecule has 1 rings (SSSR count). The van der Waals surface area contributed by atoms with Crippen molar-refractivity contribution in [3.8, 4) is 0 Å². The van der Waals surface area contributed by atoms with Crippen LogP contribution in [0.5, 0.6) is 0 Å². The van der Waals surface area contributed by atoms with Crippen LogP contribution in [0.4, 0.5) is 0 Å². The van der Waals surface area contributed by atoms with E-state index in [2.05, 4.69) is 5.32 Å². The molecule has 0 aliphatic heterocycles. The van der Waals surface area contributed by atoms with Crippen molar-refractivity contribution in [1.82, 2.24) is 5.32 Å². The average Bonchev–Trinajstić information content (AvgIpc) is 2.57. The highest BCUT2D eigenvalue weighted by Crippen LogP contribution is 2.14. The fourth-order valence-electron chi connectivity index (χ4n) is 1.43. The van der Waals surface area contributed by atoms with Crippen LogP contribution in [0.15, 0.2) is 10.5 Å². The highest BCUT2D eigenvalue weighted by Gasteiger charge is 2.13. The molecule has 0 bridgehead atoms. The number of nitrogens with one attached hydrogen (secondary N) is 1. The van der Waals surface area contributed by atoms with Crippen molar-refractivity contribution in [1.29, 1.82) is 0 Å². The van der Waals surface area contributed by atoms with Gasteiger partial charge < -0.3 is 19.6 Å². The van der Waals surface area contributed by atoms with Crippen LogP contribution in [0.3, 0.4) is 0 Å². The largest absolute Gasteiger partial charge is 0.478 e. The molecule has 0 saturated heterocycles. The van der Waals surface area contributed by atoms with Gasteiger partial charge in [-0.1, -0.05) is 0 Å². The smallest absolute Gasteiger partial charge is 0.339 e. The first-order valence-electron chi connectivity index (χ1n) is 5.09. The summed E-state index contributed by atoms with van der Waals surface area (Å²) in [6.07, 6.45) is 0. The topological polar surface area (TPSA) is 71.7 Å². The number of carboxylic acids is 1. The van der Waals surface area contributed by atoms with Crippen LogP contribution in [0.2, 0.25) is 0 Å². The molecule has 2 N–H and O–H groups in total. The number of aryl methyl sites for hydroxylation is 1. The molecule has 1 aromatic heterocycles. The van der Waals surface area contributed by atoms with Gasteiger partial charge in [-0.3, -0.25) is 0 Å². The van der Waals surface area contributed by atoms with Gasteiger partial charge in [-0.2, -0.15) is 0 Å². The zero-order valence-corrected chi connectivity index (χ0v) is 9.74. The number of hydrogen-bond donors (Lipinski definition) is 2. The van der Waals surface area contributed by atoms with Gasteiger partial charge in [-0.05, 0) is 19.9 Å². The molecular weight excluding hydrogens is 210 g/mol. The van der Waals surface area contributed by atoms with Gasteiger partial charge in [-0.25, -0.2) is 4.79 Å². The lowest BCUT2D eigenvalue weighted by atomic mass is 10.2. The van der Waals surface area contributed by atoms with Crippen molar-refractivity contribution in [2.75, 3.05) is 13.7 Å². The summed E-state index contributed by atoms with van der Waals surface area (Å²) >= 11 is 0. The van der Waals surface area contributed by atoms with Gasteiger partial charge in [0.2, 0.25) is 0 Å². The van der Waals surface area contributed by atoms with E-state index in [0.717, 1.165) is 0 Å². The zero-order valence-electron chi connectivity index (χ0n) is 9.74. The Kier molecular flexibility index (Phi) is 4.52. The quantitative estimate of drug-likeness (QED) is 0.768. The molecule has 0 saturated carbocycles. The predicted octanol–water partition coefficient (Wildman–Crippen LogP) is 1.41. The highest BCUT2D eigenvalue weighted by molar-refractivity contribution is 5.88. The number of carbonyl (C=O) groups is 1. The Morgan fingerprint density at radius 1 is 1.69 bits per heavy atom. The monoisotopic (exact) mass is 227 g/mol. The predicted molar refractivity (Wildman–Crippen MR) is 58.6 cm³/mol. The third-order valence-corrected chi connectivity index (χ3v) is 2.24. The van der Waals surface area contributed by atoms with Crippen LogP contribution in [-0.4, -0.2) is 30.8 Å². The van der Waals surface area contributed by atoms with Gasteiger partial charge in [-0.15, -0.1) is 0 Å². The minimum atomic E-state index is -0.961. The molecule has 0 aliphatic carbocycles. The van der Waals surface area contributed by atoms with Crippen LogP contribution < -0.4 is 5.32 Å². The van der Waals surface area contributed by atoms with Crippen molar-refractivity contribution in [3.05, 3.63) is 23.2 Å². The molecule has 1 unspecified atom stereocenters. The molecule has 0 spiro atoms. The molecule has 0 aliphatic rings. The molecule has 1 aromatic rings. The van der Waals surface area contributed by atoms with Crippen LogP contribution in [-0.2, 0) is 11.3 Å². The number of rotatable bonds is 6. The molecule has 0 fully saturated rings. The number of ether oxygens (including phenoxy) is 1. The van der Waals surface area contributed by atoms with Crippen molar-refractivity contribution in [2.45, 2.75) is 26.4 Å². The summed E-state index contributed by atoms with van der Waals surface area (Å²) in [7, 11) is 1.64. The molecular formula is C11H17NO4. The summed E-state index contributed by atoms with van der Waals surface area (Å²) in [5.41, 5.74) is 0.219. The Morgan fingerprint density at radius 2 is 2.38 bits per heavy atom. The first-order valence-corrected chi connectivity index (χ1v) is 5.09. The molecule has 90 valence electrons. The van der Waals surface area contributed by atoms with Gasteiger partial charge >= 0.3 is 5.97 Å². The minimum Gasteiger partial charge on any atom is -0.478 e. The van der Waals surface area contributed by atoms with E-state index in [4.69, 9.17) is 14.3 Å². The van der Waals surface area contributed by atoms with E-state index in [0.29, 0.717) is 24.7 Å². The third-order valence-electron chi connectivity index (χ3n) is 2.24. The van der Waals surface area contributed by atoms with Crippen molar-refractivity contribution >= 4 is 5.97 Å². The van der Waals surface area contributed by atoms with Gasteiger partial charge in [0.1, 0.15) is 17.1 Å². The lowest BCUT2D eigenvalue weighted by Gasteiger charge is -2.10. The number of carboxylic acid groups (broad SMARTS) is 1. The lowest BCUT2D eigenvalue weighted by Crippen LogP contribution is -2.29. The third kappa shape index (κ3) is 3.36. The summed E-state index contributed by atoms with van der Waals surface area (Å²) in [5.74, 6) is 0.0963. The summed E-state index contributed by atoms with van der Waals surface area (Å²) < 4.78 is 10.3. The van der Waals surface area contributed by atoms with E-state index < -0.39 is 5.97 Å². The van der Waals surface area contributed by atoms with Crippen molar-refractivity contribution in [3.63, 3.8) is 0 Å². The molecule has 5 nitrogen and oxygen atoms in total. The summed E-state index contributed by atoms with van der Waals surface area (Å²) in [6, 6.07) is 1.74. The summed E-state index contributed by atoms with van der Waals surface area (Å²) in [5, 5.41) is 12.0. The number of aromatic carboxylic acids is 1. The Balaban J connectivity index is 2.55. The van der Waals surface area contributed by atoms with E-state index in [1.54, 1.807) is 20.1 Å². The number of methoxy groups -OCH3 is 1. The summed E-state index contributed by atoms with van der Waals surface area (Å²) in [4.78, 5) is 10.8. The van der Waals surface area contributed by atoms with Crippen molar-refractivity contribution < 1.29 is 19.1 Å². The van der Waals surface area contributed by atoms with Gasteiger partial charge in [0.15, 0.2) is 0 Å². The number of furan rings is 1. The van der Waals surface area contributed by atoms with E-state index >= 15 is 0 Å². The molecule has 0 aromatic carbocycles. The Hall–Kier alpha value is -1.33. The first-order chi connectivity index (χ1) is 7.54. The average molecular weight is 227 g/mol. The molecule has 0 amide bonds. The number of hydrogen-bond acceptors (Lipinski definition) is 4. The molecule has 0 radical (unpaired) electrons. The van der Waals surface area contributed by atoms with Crippen molar-refractivity contribution in [2.24, 2.45) is 0 Å². The molecule has 5 heteroatoms. The Bertz CT molecular complexity index is 359. The summed E-state index contributed by atoms with van der Waals surface area (Å²) in [6.45, 7) is 4.73. The first kappa shape index (κ1) is 12.7. The van der Waals surface area contributed by atoms with E-state index in [1.807, 2.05) is 6.92 Å². The molecule has 1 atom stereocenters. The van der Waals surface area contributed by atoms with Gasteiger partial charge in [0.05, 0.1) is 13.2 Å². The maximum atomic E-state index is 10.8. The zero-order chi connectivity index (χ0) is 12.1. The fourth-order valence-corrected chi connectivity index (χ4v) is 1.43. The standard InChI is InChI=1S/C11H17NO4/c1-7(6-15-3)12-5-9-4-10(11(13)14)8(2)16-9/h4,7,12H,5-6H2,1-3H3,(H,13,14). The van der Waals surface area contributed by atoms with E-state index in [9.17, 15) is 4.79 Å².